The minimum Gasteiger partial charge on any atom is -0.449 e. The number of benzene rings is 1. The van der Waals surface area contributed by atoms with Gasteiger partial charge in [0.1, 0.15) is 5.82 Å². The molecule has 1 atom stereocenters. The lowest BCUT2D eigenvalue weighted by Crippen LogP contribution is -2.44. The van der Waals surface area contributed by atoms with E-state index >= 15 is 0 Å². The van der Waals surface area contributed by atoms with E-state index in [1.54, 1.807) is 11.0 Å². The Kier molecular flexibility index (Phi) is 6.43. The fourth-order valence-electron chi connectivity index (χ4n) is 2.50. The maximum absolute atomic E-state index is 13.4. The Morgan fingerprint density at radius 1 is 1.46 bits per heavy atom. The summed E-state index contributed by atoms with van der Waals surface area (Å²) in [6, 6.07) is 4.11. The van der Waals surface area contributed by atoms with Crippen LogP contribution in [0.1, 0.15) is 26.7 Å². The van der Waals surface area contributed by atoms with Crippen LogP contribution in [0.25, 0.3) is 0 Å². The lowest BCUT2D eigenvalue weighted by molar-refractivity contribution is -0.121. The Balaban J connectivity index is 1.92. The molecule has 1 aromatic carbocycles. The van der Waals surface area contributed by atoms with E-state index in [2.05, 4.69) is 5.32 Å². The van der Waals surface area contributed by atoms with Gasteiger partial charge in [-0.25, -0.2) is 9.18 Å². The summed E-state index contributed by atoms with van der Waals surface area (Å²) in [4.78, 5) is 25.9. The number of nitrogens with zero attached hydrogens (tertiary/aromatic N) is 1. The van der Waals surface area contributed by atoms with Crippen LogP contribution in [0.3, 0.4) is 0 Å². The van der Waals surface area contributed by atoms with Crippen molar-refractivity contribution in [1.29, 1.82) is 0 Å². The number of amides is 2. The van der Waals surface area contributed by atoms with Gasteiger partial charge in [0.2, 0.25) is 5.91 Å². The number of likely N-dealkylation sites (tertiary alicyclic amines) is 1. The number of anilines is 1. The zero-order chi connectivity index (χ0) is 17.7. The summed E-state index contributed by atoms with van der Waals surface area (Å²) in [6.07, 6.45) is 1.01. The van der Waals surface area contributed by atoms with Gasteiger partial charge in [0.25, 0.3) is 0 Å². The maximum Gasteiger partial charge on any atom is 0.409 e. The highest BCUT2D eigenvalue weighted by Gasteiger charge is 2.29. The van der Waals surface area contributed by atoms with Crippen LogP contribution in [0.15, 0.2) is 18.2 Å². The van der Waals surface area contributed by atoms with E-state index in [-0.39, 0.29) is 22.8 Å². The summed E-state index contributed by atoms with van der Waals surface area (Å²) in [7, 11) is 0. The number of hydrogen-bond donors (Lipinski definition) is 1. The first-order valence-corrected chi connectivity index (χ1v) is 8.42. The molecule has 1 N–H and O–H groups in total. The molecule has 0 saturated carbocycles. The minimum atomic E-state index is -0.586. The number of carbonyl (C=O) groups excluding carboxylic acids is 2. The predicted molar refractivity (Wildman–Crippen MR) is 90.5 cm³/mol. The smallest absolute Gasteiger partial charge is 0.409 e. The first-order chi connectivity index (χ1) is 11.4. The van der Waals surface area contributed by atoms with E-state index in [1.807, 2.05) is 13.8 Å². The van der Waals surface area contributed by atoms with Gasteiger partial charge in [-0.15, -0.1) is 0 Å². The molecule has 0 spiro atoms. The molecule has 1 aliphatic rings. The molecule has 24 heavy (non-hydrogen) atoms. The average molecular weight is 357 g/mol. The fraction of sp³-hybridized carbons (Fsp3) is 0.529. The second-order valence-electron chi connectivity index (χ2n) is 6.37. The number of halogens is 2. The Morgan fingerprint density at radius 2 is 2.21 bits per heavy atom. The van der Waals surface area contributed by atoms with Crippen LogP contribution in [0.4, 0.5) is 14.9 Å². The average Bonchev–Trinajstić information content (AvgIpc) is 2.56. The van der Waals surface area contributed by atoms with E-state index in [1.165, 1.54) is 12.1 Å². The Bertz CT molecular complexity index is 609. The van der Waals surface area contributed by atoms with Gasteiger partial charge < -0.3 is 15.0 Å². The molecular formula is C17H22ClFN2O3. The third-order valence-corrected chi connectivity index (χ3v) is 4.08. The number of carbonyl (C=O) groups is 2. The highest BCUT2D eigenvalue weighted by atomic mass is 35.5. The Hall–Kier alpha value is -1.82. The number of hydrogen-bond acceptors (Lipinski definition) is 3. The van der Waals surface area contributed by atoms with Crippen LogP contribution in [0, 0.1) is 17.7 Å². The van der Waals surface area contributed by atoms with Crippen molar-refractivity contribution in [2.24, 2.45) is 11.8 Å². The predicted octanol–water partition coefficient (Wildman–Crippen LogP) is 3.92. The van der Waals surface area contributed by atoms with Crippen molar-refractivity contribution < 1.29 is 18.7 Å². The standard InChI is InChI=1S/C17H22ClFN2O3/c1-11(2)10-24-17(23)21-7-3-4-12(9-21)16(22)20-13-5-6-14(18)15(19)8-13/h5-6,8,11-12H,3-4,7,9-10H2,1-2H3,(H,20,22)/t12-/m0/s1. The first kappa shape index (κ1) is 18.5. The van der Waals surface area contributed by atoms with Gasteiger partial charge in [-0.3, -0.25) is 4.79 Å². The van der Waals surface area contributed by atoms with Gasteiger partial charge in [-0.2, -0.15) is 0 Å². The number of ether oxygens (including phenoxy) is 1. The minimum absolute atomic E-state index is 0.00439. The molecule has 1 saturated heterocycles. The second kappa shape index (κ2) is 8.33. The van der Waals surface area contributed by atoms with Gasteiger partial charge in [-0.05, 0) is 37.0 Å². The highest BCUT2D eigenvalue weighted by molar-refractivity contribution is 6.30. The largest absolute Gasteiger partial charge is 0.449 e. The second-order valence-corrected chi connectivity index (χ2v) is 6.78. The topological polar surface area (TPSA) is 58.6 Å². The van der Waals surface area contributed by atoms with Crippen molar-refractivity contribution in [3.63, 3.8) is 0 Å². The van der Waals surface area contributed by atoms with Crippen LogP contribution >= 0.6 is 11.6 Å². The molecule has 0 aliphatic carbocycles. The molecule has 1 aliphatic heterocycles. The zero-order valence-corrected chi connectivity index (χ0v) is 14.6. The Morgan fingerprint density at radius 3 is 2.88 bits per heavy atom. The summed E-state index contributed by atoms with van der Waals surface area (Å²) >= 11 is 5.63. The molecule has 1 fully saturated rings. The number of piperidine rings is 1. The van der Waals surface area contributed by atoms with Gasteiger partial charge in [-0.1, -0.05) is 25.4 Å². The van der Waals surface area contributed by atoms with E-state index in [0.29, 0.717) is 31.8 Å². The van der Waals surface area contributed by atoms with Gasteiger partial charge in [0.15, 0.2) is 0 Å². The van der Waals surface area contributed by atoms with Gasteiger partial charge in [0, 0.05) is 18.8 Å². The SMILES string of the molecule is CC(C)COC(=O)N1CCC[C@H](C(=O)Nc2ccc(Cl)c(F)c2)C1. The van der Waals surface area contributed by atoms with Gasteiger partial charge in [0.05, 0.1) is 17.5 Å². The molecule has 0 radical (unpaired) electrons. The van der Waals surface area contributed by atoms with E-state index in [0.717, 1.165) is 6.42 Å². The van der Waals surface area contributed by atoms with Crippen LogP contribution in [-0.4, -0.2) is 36.6 Å². The lowest BCUT2D eigenvalue weighted by atomic mass is 9.97. The molecule has 2 rings (SSSR count). The van der Waals surface area contributed by atoms with E-state index in [4.69, 9.17) is 16.3 Å². The summed E-state index contributed by atoms with van der Waals surface area (Å²) in [6.45, 7) is 5.17. The highest BCUT2D eigenvalue weighted by Crippen LogP contribution is 2.22. The number of nitrogens with one attached hydrogen (secondary N) is 1. The normalized spacial score (nSPS) is 17.7. The summed E-state index contributed by atoms with van der Waals surface area (Å²) in [5.74, 6) is -0.906. The van der Waals surface area contributed by atoms with E-state index in [9.17, 15) is 14.0 Å². The van der Waals surface area contributed by atoms with Crippen molar-refractivity contribution in [2.45, 2.75) is 26.7 Å². The number of rotatable bonds is 4. The van der Waals surface area contributed by atoms with Crippen molar-refractivity contribution >= 4 is 29.3 Å². The van der Waals surface area contributed by atoms with Gasteiger partial charge >= 0.3 is 6.09 Å². The quantitative estimate of drug-likeness (QED) is 0.889. The van der Waals surface area contributed by atoms with Crippen LogP contribution < -0.4 is 5.32 Å². The molecule has 5 nitrogen and oxygen atoms in total. The summed E-state index contributed by atoms with van der Waals surface area (Å²) < 4.78 is 18.6. The monoisotopic (exact) mass is 356 g/mol. The Labute approximate surface area is 146 Å². The third kappa shape index (κ3) is 5.09. The summed E-state index contributed by atoms with van der Waals surface area (Å²) in [5.41, 5.74) is 0.349. The molecule has 0 aromatic heterocycles. The molecule has 132 valence electrons. The van der Waals surface area contributed by atoms with Crippen molar-refractivity contribution in [3.05, 3.63) is 29.0 Å². The maximum atomic E-state index is 13.4. The molecule has 7 heteroatoms. The fourth-order valence-corrected chi connectivity index (χ4v) is 2.62. The molecule has 1 heterocycles. The zero-order valence-electron chi connectivity index (χ0n) is 13.9. The summed E-state index contributed by atoms with van der Waals surface area (Å²) in [5, 5.41) is 2.68. The first-order valence-electron chi connectivity index (χ1n) is 8.04. The molecular weight excluding hydrogens is 335 g/mol. The van der Waals surface area contributed by atoms with Crippen LogP contribution in [0.5, 0.6) is 0 Å². The molecule has 0 bridgehead atoms. The lowest BCUT2D eigenvalue weighted by Gasteiger charge is -2.31. The molecule has 0 unspecified atom stereocenters. The molecule has 1 aromatic rings. The van der Waals surface area contributed by atoms with E-state index < -0.39 is 11.9 Å². The van der Waals surface area contributed by atoms with Crippen molar-refractivity contribution in [3.8, 4) is 0 Å². The van der Waals surface area contributed by atoms with Crippen LogP contribution in [-0.2, 0) is 9.53 Å². The van der Waals surface area contributed by atoms with Crippen LogP contribution in [0.2, 0.25) is 5.02 Å². The third-order valence-electron chi connectivity index (χ3n) is 3.78. The van der Waals surface area contributed by atoms with Crippen molar-refractivity contribution in [2.75, 3.05) is 25.0 Å². The molecule has 2 amide bonds. The van der Waals surface area contributed by atoms with Crippen molar-refractivity contribution in [1.82, 2.24) is 4.90 Å².